The Bertz CT molecular complexity index is 291. The summed E-state index contributed by atoms with van der Waals surface area (Å²) in [5.41, 5.74) is 0. The minimum atomic E-state index is 0.0591. The SMILES string of the molecule is CCCCCCC(=O)CCC(=O)CCC(=O)CCCCCC. The normalized spacial score (nSPS) is 10.6. The fraction of sp³-hybridized carbons (Fsp3) is 0.842. The van der Waals surface area contributed by atoms with Crippen molar-refractivity contribution in [3.8, 4) is 0 Å². The van der Waals surface area contributed by atoms with Crippen molar-refractivity contribution in [3.05, 3.63) is 0 Å². The largest absolute Gasteiger partial charge is 0.300 e. The molecule has 0 aromatic carbocycles. The molecule has 0 saturated carbocycles. The third-order valence-electron chi connectivity index (χ3n) is 3.98. The Kier molecular flexibility index (Phi) is 14.3. The number of unbranched alkanes of at least 4 members (excludes halogenated alkanes) is 6. The summed E-state index contributed by atoms with van der Waals surface area (Å²) < 4.78 is 0. The molecule has 0 aromatic rings. The molecule has 0 amide bonds. The molecule has 0 aromatic heterocycles. The Morgan fingerprint density at radius 2 is 0.773 bits per heavy atom. The van der Waals surface area contributed by atoms with Crippen molar-refractivity contribution in [3.63, 3.8) is 0 Å². The van der Waals surface area contributed by atoms with Gasteiger partial charge in [-0.25, -0.2) is 0 Å². The van der Waals surface area contributed by atoms with Gasteiger partial charge in [0.05, 0.1) is 0 Å². The number of carbonyl (C=O) groups excluding carboxylic acids is 3. The molecule has 0 bridgehead atoms. The van der Waals surface area contributed by atoms with Crippen LogP contribution in [0.2, 0.25) is 0 Å². The van der Waals surface area contributed by atoms with Gasteiger partial charge >= 0.3 is 0 Å². The Balaban J connectivity index is 3.56. The van der Waals surface area contributed by atoms with Gasteiger partial charge in [-0.15, -0.1) is 0 Å². The van der Waals surface area contributed by atoms with Gasteiger partial charge < -0.3 is 0 Å². The lowest BCUT2D eigenvalue weighted by Crippen LogP contribution is -2.07. The van der Waals surface area contributed by atoms with Crippen LogP contribution in [0.3, 0.4) is 0 Å². The second kappa shape index (κ2) is 14.9. The lowest BCUT2D eigenvalue weighted by atomic mass is 10.0. The molecule has 3 nitrogen and oxygen atoms in total. The van der Waals surface area contributed by atoms with Crippen LogP contribution >= 0.6 is 0 Å². The fourth-order valence-corrected chi connectivity index (χ4v) is 2.43. The Hall–Kier alpha value is -0.990. The molecule has 0 aliphatic heterocycles. The summed E-state index contributed by atoms with van der Waals surface area (Å²) in [7, 11) is 0. The van der Waals surface area contributed by atoms with E-state index in [1.54, 1.807) is 0 Å². The van der Waals surface area contributed by atoms with E-state index in [1.165, 1.54) is 25.7 Å². The minimum absolute atomic E-state index is 0.0591. The molecule has 0 aliphatic carbocycles. The molecule has 22 heavy (non-hydrogen) atoms. The van der Waals surface area contributed by atoms with E-state index in [2.05, 4.69) is 13.8 Å². The van der Waals surface area contributed by atoms with Crippen molar-refractivity contribution in [2.75, 3.05) is 0 Å². The molecule has 0 radical (unpaired) electrons. The van der Waals surface area contributed by atoms with Gasteiger partial charge in [0.25, 0.3) is 0 Å². The maximum Gasteiger partial charge on any atom is 0.133 e. The molecule has 128 valence electrons. The molecule has 0 saturated heterocycles. The summed E-state index contributed by atoms with van der Waals surface area (Å²) in [5, 5.41) is 0. The quantitative estimate of drug-likeness (QED) is 0.368. The van der Waals surface area contributed by atoms with E-state index in [9.17, 15) is 14.4 Å². The summed E-state index contributed by atoms with van der Waals surface area (Å²) >= 11 is 0. The van der Waals surface area contributed by atoms with Crippen LogP contribution in [0.25, 0.3) is 0 Å². The molecule has 0 rings (SSSR count). The van der Waals surface area contributed by atoms with Crippen molar-refractivity contribution in [2.24, 2.45) is 0 Å². The molecule has 0 spiro atoms. The maximum absolute atomic E-state index is 11.7. The highest BCUT2D eigenvalue weighted by Crippen LogP contribution is 2.09. The van der Waals surface area contributed by atoms with Crippen LogP contribution in [0.15, 0.2) is 0 Å². The third-order valence-corrected chi connectivity index (χ3v) is 3.98. The van der Waals surface area contributed by atoms with Crippen LogP contribution < -0.4 is 0 Å². The summed E-state index contributed by atoms with van der Waals surface area (Å²) in [6.45, 7) is 4.29. The van der Waals surface area contributed by atoms with E-state index >= 15 is 0 Å². The van der Waals surface area contributed by atoms with Crippen LogP contribution in [0, 0.1) is 0 Å². The number of ketones is 3. The zero-order valence-corrected chi connectivity index (χ0v) is 14.6. The van der Waals surface area contributed by atoms with Crippen LogP contribution in [-0.4, -0.2) is 17.3 Å². The number of rotatable bonds is 16. The van der Waals surface area contributed by atoms with Gasteiger partial charge in [0.2, 0.25) is 0 Å². The standard InChI is InChI=1S/C19H34O3/c1-3-5-7-9-11-17(20)13-15-19(22)16-14-18(21)12-10-8-6-4-2/h3-16H2,1-2H3. The Morgan fingerprint density at radius 3 is 1.09 bits per heavy atom. The minimum Gasteiger partial charge on any atom is -0.300 e. The molecule has 0 unspecified atom stereocenters. The van der Waals surface area contributed by atoms with Gasteiger partial charge in [-0.05, 0) is 12.8 Å². The van der Waals surface area contributed by atoms with Crippen LogP contribution in [0.5, 0.6) is 0 Å². The van der Waals surface area contributed by atoms with Crippen molar-refractivity contribution < 1.29 is 14.4 Å². The number of carbonyl (C=O) groups is 3. The van der Waals surface area contributed by atoms with E-state index in [-0.39, 0.29) is 17.3 Å². The molecule has 0 aliphatic rings. The number of Topliss-reactive ketones (excluding diaryl/α,β-unsaturated/α-hetero) is 3. The van der Waals surface area contributed by atoms with Crippen molar-refractivity contribution in [1.82, 2.24) is 0 Å². The van der Waals surface area contributed by atoms with Crippen LogP contribution in [0.1, 0.15) is 104 Å². The smallest absolute Gasteiger partial charge is 0.133 e. The van der Waals surface area contributed by atoms with Crippen molar-refractivity contribution in [1.29, 1.82) is 0 Å². The van der Waals surface area contributed by atoms with Gasteiger partial charge in [-0.2, -0.15) is 0 Å². The third kappa shape index (κ3) is 14.0. The fourth-order valence-electron chi connectivity index (χ4n) is 2.43. The predicted molar refractivity (Wildman–Crippen MR) is 91.0 cm³/mol. The average Bonchev–Trinajstić information content (AvgIpc) is 2.51. The van der Waals surface area contributed by atoms with Gasteiger partial charge in [-0.3, -0.25) is 14.4 Å². The average molecular weight is 310 g/mol. The van der Waals surface area contributed by atoms with E-state index in [0.29, 0.717) is 38.5 Å². The van der Waals surface area contributed by atoms with Crippen molar-refractivity contribution >= 4 is 17.3 Å². The first-order valence-electron chi connectivity index (χ1n) is 9.15. The van der Waals surface area contributed by atoms with E-state index < -0.39 is 0 Å². The van der Waals surface area contributed by atoms with Gasteiger partial charge in [0.15, 0.2) is 0 Å². The highest BCUT2D eigenvalue weighted by molar-refractivity contribution is 5.89. The molecule has 0 fully saturated rings. The highest BCUT2D eigenvalue weighted by Gasteiger charge is 2.09. The summed E-state index contributed by atoms with van der Waals surface area (Å²) in [4.78, 5) is 35.0. The second-order valence-corrected chi connectivity index (χ2v) is 6.24. The Labute approximate surface area is 136 Å². The highest BCUT2D eigenvalue weighted by atomic mass is 16.1. The molecule has 0 atom stereocenters. The van der Waals surface area contributed by atoms with Crippen molar-refractivity contribution in [2.45, 2.75) is 104 Å². The molecule has 0 heterocycles. The van der Waals surface area contributed by atoms with Gasteiger partial charge in [0, 0.05) is 38.5 Å². The van der Waals surface area contributed by atoms with Gasteiger partial charge in [0.1, 0.15) is 17.3 Å². The first-order valence-corrected chi connectivity index (χ1v) is 9.15. The van der Waals surface area contributed by atoms with Crippen LogP contribution in [0.4, 0.5) is 0 Å². The maximum atomic E-state index is 11.7. The lowest BCUT2D eigenvalue weighted by Gasteiger charge is -2.02. The number of hydrogen-bond acceptors (Lipinski definition) is 3. The lowest BCUT2D eigenvalue weighted by molar-refractivity contribution is -0.126. The monoisotopic (exact) mass is 310 g/mol. The zero-order valence-electron chi connectivity index (χ0n) is 14.6. The predicted octanol–water partition coefficient (Wildman–Crippen LogP) is 5.19. The molecular formula is C19H34O3. The van der Waals surface area contributed by atoms with E-state index in [4.69, 9.17) is 0 Å². The molecule has 3 heteroatoms. The molecule has 0 N–H and O–H groups in total. The summed E-state index contributed by atoms with van der Waals surface area (Å²) in [6, 6.07) is 0. The van der Waals surface area contributed by atoms with Crippen LogP contribution in [-0.2, 0) is 14.4 Å². The molecular weight excluding hydrogens is 276 g/mol. The Morgan fingerprint density at radius 1 is 0.455 bits per heavy atom. The topological polar surface area (TPSA) is 51.2 Å². The van der Waals surface area contributed by atoms with Gasteiger partial charge in [-0.1, -0.05) is 52.4 Å². The first kappa shape index (κ1) is 21.0. The summed E-state index contributed by atoms with van der Waals surface area (Å²) in [6.07, 6.45) is 11.3. The zero-order chi connectivity index (χ0) is 16.6. The first-order chi connectivity index (χ1) is 10.6. The summed E-state index contributed by atoms with van der Waals surface area (Å²) in [5.74, 6) is 0.439. The van der Waals surface area contributed by atoms with E-state index in [0.717, 1.165) is 25.7 Å². The number of hydrogen-bond donors (Lipinski definition) is 0. The second-order valence-electron chi connectivity index (χ2n) is 6.24. The van der Waals surface area contributed by atoms with E-state index in [1.807, 2.05) is 0 Å².